The number of Topliss-reactive ketones (excluding diaryl/α,β-unsaturated/α-hetero) is 1. The summed E-state index contributed by atoms with van der Waals surface area (Å²) in [5.41, 5.74) is 0.234. The molecule has 0 aliphatic carbocycles. The molecule has 0 unspecified atom stereocenters. The van der Waals surface area contributed by atoms with Crippen LogP contribution in [-0.4, -0.2) is 31.7 Å². The van der Waals surface area contributed by atoms with E-state index >= 15 is 0 Å². The van der Waals surface area contributed by atoms with Crippen LogP contribution in [0.1, 0.15) is 17.3 Å². The molecule has 92 valence electrons. The third-order valence-corrected chi connectivity index (χ3v) is 2.87. The van der Waals surface area contributed by atoms with Crippen molar-refractivity contribution in [3.8, 4) is 5.75 Å². The highest BCUT2D eigenvalue weighted by Gasteiger charge is 2.22. The number of ether oxygens (including phenoxy) is 2. The van der Waals surface area contributed by atoms with Crippen molar-refractivity contribution in [1.29, 1.82) is 0 Å². The van der Waals surface area contributed by atoms with E-state index in [1.807, 2.05) is 12.3 Å². The van der Waals surface area contributed by atoms with Gasteiger partial charge in [0.05, 0.1) is 19.3 Å². The normalized spacial score (nSPS) is 9.82. The molecule has 0 saturated heterocycles. The summed E-state index contributed by atoms with van der Waals surface area (Å²) in [5, 5.41) is 0. The van der Waals surface area contributed by atoms with Gasteiger partial charge in [-0.1, -0.05) is 6.07 Å². The molecule has 0 aliphatic heterocycles. The van der Waals surface area contributed by atoms with Crippen molar-refractivity contribution >= 4 is 23.5 Å². The highest BCUT2D eigenvalue weighted by molar-refractivity contribution is 7.98. The zero-order valence-corrected chi connectivity index (χ0v) is 10.8. The van der Waals surface area contributed by atoms with Gasteiger partial charge in [0.2, 0.25) is 0 Å². The average molecular weight is 254 g/mol. The van der Waals surface area contributed by atoms with Gasteiger partial charge in [-0.3, -0.25) is 4.79 Å². The molecule has 0 heterocycles. The van der Waals surface area contributed by atoms with E-state index in [4.69, 9.17) is 4.74 Å². The Labute approximate surface area is 104 Å². The molecule has 4 nitrogen and oxygen atoms in total. The number of esters is 1. The SMILES string of the molecule is CCOC(=O)C(=O)c1cccc(SC)c1OC. The Balaban J connectivity index is 3.13. The van der Waals surface area contributed by atoms with Crippen LogP contribution in [0.15, 0.2) is 23.1 Å². The minimum atomic E-state index is -0.857. The molecule has 0 atom stereocenters. The van der Waals surface area contributed by atoms with Gasteiger partial charge >= 0.3 is 5.97 Å². The molecule has 0 radical (unpaired) electrons. The summed E-state index contributed by atoms with van der Waals surface area (Å²) < 4.78 is 9.85. The van der Waals surface area contributed by atoms with Crippen LogP contribution in [0.4, 0.5) is 0 Å². The number of carbonyl (C=O) groups excluding carboxylic acids is 2. The number of hydrogen-bond acceptors (Lipinski definition) is 5. The molecule has 0 saturated carbocycles. The second kappa shape index (κ2) is 6.30. The van der Waals surface area contributed by atoms with Crippen molar-refractivity contribution in [3.63, 3.8) is 0 Å². The molecule has 1 aromatic rings. The Morgan fingerprint density at radius 3 is 2.59 bits per heavy atom. The summed E-state index contributed by atoms with van der Waals surface area (Å²) in [6.07, 6.45) is 1.87. The van der Waals surface area contributed by atoms with Gasteiger partial charge in [0.25, 0.3) is 5.78 Å². The van der Waals surface area contributed by atoms with Crippen LogP contribution in [0.2, 0.25) is 0 Å². The topological polar surface area (TPSA) is 52.6 Å². The lowest BCUT2D eigenvalue weighted by Crippen LogP contribution is -2.18. The predicted octanol–water partition coefficient (Wildman–Crippen LogP) is 2.16. The molecule has 1 rings (SSSR count). The van der Waals surface area contributed by atoms with Crippen LogP contribution < -0.4 is 4.74 Å². The largest absolute Gasteiger partial charge is 0.495 e. The van der Waals surface area contributed by atoms with Gasteiger partial charge in [0, 0.05) is 4.90 Å². The summed E-state index contributed by atoms with van der Waals surface area (Å²) in [6, 6.07) is 5.09. The zero-order valence-electron chi connectivity index (χ0n) is 9.98. The van der Waals surface area contributed by atoms with Gasteiger partial charge in [-0.25, -0.2) is 4.79 Å². The minimum Gasteiger partial charge on any atom is -0.495 e. The zero-order chi connectivity index (χ0) is 12.8. The van der Waals surface area contributed by atoms with Crippen molar-refractivity contribution in [3.05, 3.63) is 23.8 Å². The molecule has 5 heteroatoms. The van der Waals surface area contributed by atoms with E-state index in [2.05, 4.69) is 4.74 Å². The molecule has 0 spiro atoms. The van der Waals surface area contributed by atoms with Crippen LogP contribution in [-0.2, 0) is 9.53 Å². The van der Waals surface area contributed by atoms with Crippen LogP contribution in [0, 0.1) is 0 Å². The number of hydrogen-bond donors (Lipinski definition) is 0. The predicted molar refractivity (Wildman–Crippen MR) is 65.7 cm³/mol. The van der Waals surface area contributed by atoms with Crippen molar-refractivity contribution in [2.24, 2.45) is 0 Å². The molecule has 17 heavy (non-hydrogen) atoms. The van der Waals surface area contributed by atoms with Gasteiger partial charge in [0.15, 0.2) is 0 Å². The van der Waals surface area contributed by atoms with Crippen LogP contribution in [0.3, 0.4) is 0 Å². The third-order valence-electron chi connectivity index (χ3n) is 2.11. The Hall–Kier alpha value is -1.49. The molecule has 0 bridgehead atoms. The van der Waals surface area contributed by atoms with E-state index in [-0.39, 0.29) is 12.2 Å². The molecule has 0 amide bonds. The lowest BCUT2D eigenvalue weighted by Gasteiger charge is -2.10. The van der Waals surface area contributed by atoms with Gasteiger partial charge < -0.3 is 9.47 Å². The van der Waals surface area contributed by atoms with Crippen molar-refractivity contribution < 1.29 is 19.1 Å². The van der Waals surface area contributed by atoms with E-state index in [9.17, 15) is 9.59 Å². The number of para-hydroxylation sites is 1. The fraction of sp³-hybridized carbons (Fsp3) is 0.333. The fourth-order valence-electron chi connectivity index (χ4n) is 1.37. The molecule has 0 aliphatic rings. The second-order valence-corrected chi connectivity index (χ2v) is 3.94. The minimum absolute atomic E-state index is 0.176. The third kappa shape index (κ3) is 3.00. The first-order valence-electron chi connectivity index (χ1n) is 5.08. The van der Waals surface area contributed by atoms with E-state index in [0.29, 0.717) is 5.75 Å². The maximum Gasteiger partial charge on any atom is 0.379 e. The van der Waals surface area contributed by atoms with Crippen molar-refractivity contribution in [2.45, 2.75) is 11.8 Å². The Bertz CT molecular complexity index is 429. The van der Waals surface area contributed by atoms with Crippen LogP contribution in [0.5, 0.6) is 5.75 Å². The molecular formula is C12H14O4S. The first-order chi connectivity index (χ1) is 8.15. The standard InChI is InChI=1S/C12H14O4S/c1-4-16-12(14)10(13)8-6-5-7-9(17-3)11(8)15-2/h5-7H,4H2,1-3H3. The van der Waals surface area contributed by atoms with Gasteiger partial charge in [-0.05, 0) is 25.3 Å². The number of thioether (sulfide) groups is 1. The van der Waals surface area contributed by atoms with E-state index in [1.165, 1.54) is 18.9 Å². The summed E-state index contributed by atoms with van der Waals surface area (Å²) in [4.78, 5) is 24.0. The highest BCUT2D eigenvalue weighted by Crippen LogP contribution is 2.31. The summed E-state index contributed by atoms with van der Waals surface area (Å²) in [7, 11) is 1.47. The van der Waals surface area contributed by atoms with Crippen LogP contribution in [0.25, 0.3) is 0 Å². The van der Waals surface area contributed by atoms with E-state index < -0.39 is 11.8 Å². The lowest BCUT2D eigenvalue weighted by atomic mass is 10.1. The highest BCUT2D eigenvalue weighted by atomic mass is 32.2. The smallest absolute Gasteiger partial charge is 0.379 e. The maximum absolute atomic E-state index is 11.8. The lowest BCUT2D eigenvalue weighted by molar-refractivity contribution is -0.137. The Morgan fingerprint density at radius 1 is 1.35 bits per heavy atom. The Morgan fingerprint density at radius 2 is 2.06 bits per heavy atom. The molecule has 0 N–H and O–H groups in total. The number of methoxy groups -OCH3 is 1. The van der Waals surface area contributed by atoms with E-state index in [0.717, 1.165) is 4.90 Å². The molecule has 1 aromatic carbocycles. The van der Waals surface area contributed by atoms with Gasteiger partial charge in [0.1, 0.15) is 5.75 Å². The number of benzene rings is 1. The number of ketones is 1. The molecule has 0 fully saturated rings. The van der Waals surface area contributed by atoms with E-state index in [1.54, 1.807) is 19.1 Å². The fourth-order valence-corrected chi connectivity index (χ4v) is 1.97. The second-order valence-electron chi connectivity index (χ2n) is 3.09. The quantitative estimate of drug-likeness (QED) is 0.349. The first-order valence-corrected chi connectivity index (χ1v) is 6.30. The maximum atomic E-state index is 11.8. The van der Waals surface area contributed by atoms with Gasteiger partial charge in [-0.2, -0.15) is 0 Å². The summed E-state index contributed by atoms with van der Waals surface area (Å²) >= 11 is 1.45. The molecule has 0 aromatic heterocycles. The Kier molecular flexibility index (Phi) is 5.03. The van der Waals surface area contributed by atoms with Crippen molar-refractivity contribution in [2.75, 3.05) is 20.0 Å². The first kappa shape index (κ1) is 13.6. The summed E-state index contributed by atoms with van der Waals surface area (Å²) in [5.74, 6) is -1.12. The van der Waals surface area contributed by atoms with Crippen LogP contribution >= 0.6 is 11.8 Å². The molecular weight excluding hydrogens is 240 g/mol. The van der Waals surface area contributed by atoms with Gasteiger partial charge in [-0.15, -0.1) is 11.8 Å². The van der Waals surface area contributed by atoms with Crippen molar-refractivity contribution in [1.82, 2.24) is 0 Å². The summed E-state index contributed by atoms with van der Waals surface area (Å²) in [6.45, 7) is 1.83. The monoisotopic (exact) mass is 254 g/mol. The number of carbonyl (C=O) groups is 2. The average Bonchev–Trinajstić information content (AvgIpc) is 2.36. The number of rotatable bonds is 5.